The van der Waals surface area contributed by atoms with E-state index in [0.717, 1.165) is 16.9 Å². The molecule has 1 atom stereocenters. The second kappa shape index (κ2) is 7.96. The molecule has 0 fully saturated rings. The highest BCUT2D eigenvalue weighted by Crippen LogP contribution is 2.27. The molecule has 4 rings (SSSR count). The summed E-state index contributed by atoms with van der Waals surface area (Å²) in [5, 5.41) is 2.55. The Hall–Kier alpha value is -3.33. The van der Waals surface area contributed by atoms with E-state index < -0.39 is 17.9 Å². The van der Waals surface area contributed by atoms with Gasteiger partial charge in [-0.3, -0.25) is 14.5 Å². The molecule has 0 aliphatic carbocycles. The van der Waals surface area contributed by atoms with Crippen LogP contribution in [0, 0.1) is 5.95 Å². The van der Waals surface area contributed by atoms with Crippen LogP contribution < -0.4 is 15.0 Å². The summed E-state index contributed by atoms with van der Waals surface area (Å²) in [5.41, 5.74) is 0.918. The lowest BCUT2D eigenvalue weighted by atomic mass is 10.1. The molecule has 2 amide bonds. The molecule has 0 radical (unpaired) electrons. The molecular formula is C20H17FN4O3S. The van der Waals surface area contributed by atoms with E-state index in [9.17, 15) is 14.0 Å². The molecule has 1 N–H and O–H groups in total. The largest absolute Gasteiger partial charge is 0.487 e. The Bertz CT molecular complexity index is 1060. The third-order valence-electron chi connectivity index (χ3n) is 4.46. The van der Waals surface area contributed by atoms with Crippen LogP contribution >= 0.6 is 11.3 Å². The maximum atomic E-state index is 14.2. The molecule has 3 heterocycles. The molecule has 0 saturated heterocycles. The summed E-state index contributed by atoms with van der Waals surface area (Å²) < 4.78 is 19.8. The van der Waals surface area contributed by atoms with Crippen LogP contribution in [-0.4, -0.2) is 41.5 Å². The number of hydrogen-bond acceptors (Lipinski definition) is 6. The molecule has 3 aromatic rings. The Morgan fingerprint density at radius 2 is 2.10 bits per heavy atom. The predicted molar refractivity (Wildman–Crippen MR) is 106 cm³/mol. The molecule has 148 valence electrons. The molecule has 7 nitrogen and oxygen atoms in total. The van der Waals surface area contributed by atoms with Crippen molar-refractivity contribution in [2.75, 3.05) is 18.6 Å². The SMILES string of the molecule is CN1C(=O)[C@@H](NC(=O)c2nc(F)c(Cc3ccccc3)s2)COc2cccnc21. The van der Waals surface area contributed by atoms with Gasteiger partial charge in [0.1, 0.15) is 12.6 Å². The van der Waals surface area contributed by atoms with E-state index in [4.69, 9.17) is 4.74 Å². The Balaban J connectivity index is 1.48. The van der Waals surface area contributed by atoms with Gasteiger partial charge >= 0.3 is 0 Å². The van der Waals surface area contributed by atoms with Crippen LogP contribution in [0.3, 0.4) is 0 Å². The Labute approximate surface area is 170 Å². The van der Waals surface area contributed by atoms with Gasteiger partial charge in [-0.1, -0.05) is 30.3 Å². The van der Waals surface area contributed by atoms with Crippen molar-refractivity contribution in [1.29, 1.82) is 0 Å². The van der Waals surface area contributed by atoms with Gasteiger partial charge in [-0.2, -0.15) is 4.39 Å². The van der Waals surface area contributed by atoms with Crippen molar-refractivity contribution in [3.05, 3.63) is 70.1 Å². The van der Waals surface area contributed by atoms with Gasteiger partial charge in [0.25, 0.3) is 11.8 Å². The number of ether oxygens (including phenoxy) is 1. The highest BCUT2D eigenvalue weighted by molar-refractivity contribution is 7.13. The minimum absolute atomic E-state index is 0.0382. The van der Waals surface area contributed by atoms with Crippen LogP contribution in [0.4, 0.5) is 10.2 Å². The molecular weight excluding hydrogens is 395 g/mol. The number of hydrogen-bond donors (Lipinski definition) is 1. The summed E-state index contributed by atoms with van der Waals surface area (Å²) in [6.45, 7) is -0.0572. The van der Waals surface area contributed by atoms with Crippen molar-refractivity contribution in [3.8, 4) is 5.75 Å². The first kappa shape index (κ1) is 19.0. The molecule has 9 heteroatoms. The second-order valence-electron chi connectivity index (χ2n) is 6.45. The first-order valence-electron chi connectivity index (χ1n) is 8.88. The van der Waals surface area contributed by atoms with Crippen molar-refractivity contribution < 1.29 is 18.7 Å². The summed E-state index contributed by atoms with van der Waals surface area (Å²) >= 11 is 0.969. The Morgan fingerprint density at radius 1 is 1.31 bits per heavy atom. The molecule has 29 heavy (non-hydrogen) atoms. The van der Waals surface area contributed by atoms with Crippen LogP contribution in [0.5, 0.6) is 5.75 Å². The average molecular weight is 412 g/mol. The maximum Gasteiger partial charge on any atom is 0.281 e. The molecule has 1 aromatic carbocycles. The number of carbonyl (C=O) groups is 2. The van der Waals surface area contributed by atoms with Gasteiger partial charge in [0, 0.05) is 19.7 Å². The number of amides is 2. The van der Waals surface area contributed by atoms with E-state index in [1.165, 1.54) is 4.90 Å². The van der Waals surface area contributed by atoms with Crippen molar-refractivity contribution in [2.45, 2.75) is 12.5 Å². The molecule has 1 aliphatic rings. The lowest BCUT2D eigenvalue weighted by Gasteiger charge is -2.19. The van der Waals surface area contributed by atoms with E-state index in [1.807, 2.05) is 30.3 Å². The van der Waals surface area contributed by atoms with Gasteiger partial charge in [-0.25, -0.2) is 9.97 Å². The van der Waals surface area contributed by atoms with Crippen LogP contribution in [0.1, 0.15) is 20.2 Å². The minimum atomic E-state index is -0.939. The van der Waals surface area contributed by atoms with Crippen LogP contribution in [0.25, 0.3) is 0 Å². The summed E-state index contributed by atoms with van der Waals surface area (Å²) in [4.78, 5) is 34.9. The average Bonchev–Trinajstić information content (AvgIpc) is 3.06. The number of pyridine rings is 1. The second-order valence-corrected chi connectivity index (χ2v) is 7.54. The third kappa shape index (κ3) is 3.95. The van der Waals surface area contributed by atoms with E-state index in [0.29, 0.717) is 22.9 Å². The summed E-state index contributed by atoms with van der Waals surface area (Å²) in [7, 11) is 1.56. The van der Waals surface area contributed by atoms with E-state index in [1.54, 1.807) is 25.4 Å². The third-order valence-corrected chi connectivity index (χ3v) is 5.49. The Morgan fingerprint density at radius 3 is 2.90 bits per heavy atom. The number of aromatic nitrogens is 2. The highest BCUT2D eigenvalue weighted by atomic mass is 32.1. The topological polar surface area (TPSA) is 84.4 Å². The lowest BCUT2D eigenvalue weighted by Crippen LogP contribution is -2.49. The fraction of sp³-hybridized carbons (Fsp3) is 0.200. The standard InChI is InChI=1S/C20H17FN4O3S/c1-25-17-14(8-5-9-22-17)28-11-13(20(25)27)23-18(26)19-24-16(21)15(29-19)10-12-6-3-2-4-7-12/h2-9,13H,10-11H2,1H3,(H,23,26)/t13-/m0/s1. The molecule has 0 bridgehead atoms. The minimum Gasteiger partial charge on any atom is -0.487 e. The van der Waals surface area contributed by atoms with Crippen molar-refractivity contribution in [3.63, 3.8) is 0 Å². The van der Waals surface area contributed by atoms with Gasteiger partial charge in [-0.05, 0) is 17.7 Å². The van der Waals surface area contributed by atoms with Crippen molar-refractivity contribution in [2.24, 2.45) is 0 Å². The number of likely N-dealkylation sites (N-methyl/N-ethyl adjacent to an activating group) is 1. The fourth-order valence-corrected chi connectivity index (χ4v) is 3.85. The van der Waals surface area contributed by atoms with Gasteiger partial charge in [0.05, 0.1) is 4.88 Å². The number of rotatable bonds is 4. The van der Waals surface area contributed by atoms with Crippen LogP contribution in [0.2, 0.25) is 0 Å². The van der Waals surface area contributed by atoms with E-state index >= 15 is 0 Å². The number of anilines is 1. The van der Waals surface area contributed by atoms with Gasteiger partial charge in [0.15, 0.2) is 16.6 Å². The number of halogens is 1. The molecule has 0 saturated carbocycles. The maximum absolute atomic E-state index is 14.2. The summed E-state index contributed by atoms with van der Waals surface area (Å²) in [6.07, 6.45) is 1.89. The van der Waals surface area contributed by atoms with E-state index in [2.05, 4.69) is 15.3 Å². The van der Waals surface area contributed by atoms with Gasteiger partial charge in [-0.15, -0.1) is 11.3 Å². The normalized spacial score (nSPS) is 16.0. The monoisotopic (exact) mass is 412 g/mol. The molecule has 0 spiro atoms. The van der Waals surface area contributed by atoms with Crippen LogP contribution in [0.15, 0.2) is 48.7 Å². The highest BCUT2D eigenvalue weighted by Gasteiger charge is 2.32. The Kier molecular flexibility index (Phi) is 5.22. The molecule has 2 aromatic heterocycles. The van der Waals surface area contributed by atoms with Crippen molar-refractivity contribution in [1.82, 2.24) is 15.3 Å². The molecule has 0 unspecified atom stereocenters. The first-order valence-corrected chi connectivity index (χ1v) is 9.70. The van der Waals surface area contributed by atoms with Crippen LogP contribution in [-0.2, 0) is 11.2 Å². The summed E-state index contributed by atoms with van der Waals surface area (Å²) in [5.74, 6) is -0.855. The number of fused-ring (bicyclic) bond motifs is 1. The van der Waals surface area contributed by atoms with Crippen molar-refractivity contribution >= 4 is 29.0 Å². The zero-order valence-corrected chi connectivity index (χ0v) is 16.3. The van der Waals surface area contributed by atoms with Gasteiger partial charge < -0.3 is 10.1 Å². The predicted octanol–water partition coefficient (Wildman–Crippen LogP) is 2.42. The number of benzene rings is 1. The zero-order valence-electron chi connectivity index (χ0n) is 15.5. The zero-order chi connectivity index (χ0) is 20.4. The summed E-state index contributed by atoms with van der Waals surface area (Å²) in [6, 6.07) is 11.8. The molecule has 1 aliphatic heterocycles. The quantitative estimate of drug-likeness (QED) is 0.712. The fourth-order valence-electron chi connectivity index (χ4n) is 2.97. The van der Waals surface area contributed by atoms with Gasteiger partial charge in [0.2, 0.25) is 5.95 Å². The first-order chi connectivity index (χ1) is 14.0. The number of nitrogens with one attached hydrogen (secondary N) is 1. The number of carbonyl (C=O) groups excluding carboxylic acids is 2. The number of nitrogens with zero attached hydrogens (tertiary/aromatic N) is 3. The number of thiazole rings is 1. The lowest BCUT2D eigenvalue weighted by molar-refractivity contribution is -0.120. The smallest absolute Gasteiger partial charge is 0.281 e. The van der Waals surface area contributed by atoms with E-state index in [-0.39, 0.29) is 17.5 Å².